The minimum absolute atomic E-state index is 0.844. The van der Waals surface area contributed by atoms with Crippen LogP contribution >= 0.6 is 11.8 Å². The highest BCUT2D eigenvalue weighted by Crippen LogP contribution is 2.41. The third-order valence-electron chi connectivity index (χ3n) is 2.67. The molecule has 92 valence electrons. The average Bonchev–Trinajstić information content (AvgIpc) is 2.35. The summed E-state index contributed by atoms with van der Waals surface area (Å²) in [5.74, 6) is 0.844. The molecule has 5 heteroatoms. The molecule has 2 heterocycles. The van der Waals surface area contributed by atoms with Crippen molar-refractivity contribution < 1.29 is 0 Å². The molecule has 0 aliphatic carbocycles. The SMILES string of the molecule is CN(C)Cc1ccc2c(c1)Nc1nccnc1S2. The molecule has 18 heavy (non-hydrogen) atoms. The first kappa shape index (κ1) is 11.5. The van der Waals surface area contributed by atoms with Gasteiger partial charge in [0.05, 0.1) is 5.69 Å². The first-order chi connectivity index (χ1) is 8.72. The fraction of sp³-hybridized carbons (Fsp3) is 0.231. The first-order valence-corrected chi connectivity index (χ1v) is 6.57. The summed E-state index contributed by atoms with van der Waals surface area (Å²) in [7, 11) is 4.14. The van der Waals surface area contributed by atoms with E-state index in [1.807, 2.05) is 0 Å². The maximum Gasteiger partial charge on any atom is 0.163 e. The van der Waals surface area contributed by atoms with E-state index >= 15 is 0 Å². The van der Waals surface area contributed by atoms with E-state index in [0.29, 0.717) is 0 Å². The fourth-order valence-electron chi connectivity index (χ4n) is 1.94. The largest absolute Gasteiger partial charge is 0.337 e. The number of anilines is 2. The van der Waals surface area contributed by atoms with Crippen LogP contribution in [0, 0.1) is 0 Å². The van der Waals surface area contributed by atoms with Gasteiger partial charge in [0.1, 0.15) is 5.03 Å². The van der Waals surface area contributed by atoms with Crippen LogP contribution in [0.25, 0.3) is 0 Å². The molecule has 1 aromatic carbocycles. The number of aromatic nitrogens is 2. The van der Waals surface area contributed by atoms with Gasteiger partial charge >= 0.3 is 0 Å². The van der Waals surface area contributed by atoms with Gasteiger partial charge in [0.15, 0.2) is 5.82 Å². The molecular weight excluding hydrogens is 244 g/mol. The lowest BCUT2D eigenvalue weighted by Gasteiger charge is -2.20. The normalized spacial score (nSPS) is 12.8. The molecule has 2 aromatic rings. The summed E-state index contributed by atoms with van der Waals surface area (Å²) in [6.45, 7) is 0.937. The highest BCUT2D eigenvalue weighted by Gasteiger charge is 2.17. The van der Waals surface area contributed by atoms with Crippen LogP contribution in [-0.2, 0) is 6.54 Å². The molecule has 1 aromatic heterocycles. The maximum absolute atomic E-state index is 4.32. The third-order valence-corrected chi connectivity index (χ3v) is 3.74. The monoisotopic (exact) mass is 258 g/mol. The molecule has 0 fully saturated rings. The van der Waals surface area contributed by atoms with E-state index in [9.17, 15) is 0 Å². The minimum Gasteiger partial charge on any atom is -0.337 e. The van der Waals surface area contributed by atoms with Gasteiger partial charge in [0.25, 0.3) is 0 Å². The molecule has 0 atom stereocenters. The first-order valence-electron chi connectivity index (χ1n) is 5.76. The van der Waals surface area contributed by atoms with Crippen molar-refractivity contribution in [3.8, 4) is 0 Å². The molecule has 0 saturated heterocycles. The number of hydrogen-bond donors (Lipinski definition) is 1. The lowest BCUT2D eigenvalue weighted by Crippen LogP contribution is -2.11. The van der Waals surface area contributed by atoms with Crippen LogP contribution in [0.3, 0.4) is 0 Å². The molecule has 1 aliphatic heterocycles. The Morgan fingerprint density at radius 2 is 2.06 bits per heavy atom. The van der Waals surface area contributed by atoms with Gasteiger partial charge in [-0.1, -0.05) is 17.8 Å². The van der Waals surface area contributed by atoms with Crippen molar-refractivity contribution in [2.24, 2.45) is 0 Å². The predicted octanol–water partition coefficient (Wildman–Crippen LogP) is 2.75. The van der Waals surface area contributed by atoms with Crippen molar-refractivity contribution in [3.63, 3.8) is 0 Å². The van der Waals surface area contributed by atoms with E-state index in [2.05, 4.69) is 52.5 Å². The molecule has 0 spiro atoms. The summed E-state index contributed by atoms with van der Waals surface area (Å²) in [6.07, 6.45) is 3.43. The molecule has 0 unspecified atom stereocenters. The lowest BCUT2D eigenvalue weighted by atomic mass is 10.2. The van der Waals surface area contributed by atoms with Crippen molar-refractivity contribution in [3.05, 3.63) is 36.2 Å². The van der Waals surface area contributed by atoms with E-state index < -0.39 is 0 Å². The molecular formula is C13H14N4S. The topological polar surface area (TPSA) is 41.0 Å². The second kappa shape index (κ2) is 4.59. The van der Waals surface area contributed by atoms with Gasteiger partial charge in [-0.2, -0.15) is 0 Å². The Morgan fingerprint density at radius 3 is 2.89 bits per heavy atom. The summed E-state index contributed by atoms with van der Waals surface area (Å²) >= 11 is 1.66. The van der Waals surface area contributed by atoms with Gasteiger partial charge in [0.2, 0.25) is 0 Å². The Kier molecular flexibility index (Phi) is 2.93. The maximum atomic E-state index is 4.32. The van der Waals surface area contributed by atoms with Crippen LogP contribution in [-0.4, -0.2) is 29.0 Å². The Labute approximate surface area is 110 Å². The second-order valence-electron chi connectivity index (χ2n) is 4.51. The van der Waals surface area contributed by atoms with E-state index in [-0.39, 0.29) is 0 Å². The van der Waals surface area contributed by atoms with Crippen LogP contribution in [0.2, 0.25) is 0 Å². The van der Waals surface area contributed by atoms with E-state index in [1.54, 1.807) is 24.2 Å². The molecule has 4 nitrogen and oxygen atoms in total. The van der Waals surface area contributed by atoms with Gasteiger partial charge in [-0.05, 0) is 31.8 Å². The number of hydrogen-bond acceptors (Lipinski definition) is 5. The zero-order valence-electron chi connectivity index (χ0n) is 10.3. The molecule has 1 aliphatic rings. The van der Waals surface area contributed by atoms with Gasteiger partial charge in [-0.3, -0.25) is 0 Å². The highest BCUT2D eigenvalue weighted by atomic mass is 32.2. The number of nitrogens with one attached hydrogen (secondary N) is 1. The van der Waals surface area contributed by atoms with Crippen LogP contribution in [0.1, 0.15) is 5.56 Å². The zero-order valence-corrected chi connectivity index (χ0v) is 11.2. The lowest BCUT2D eigenvalue weighted by molar-refractivity contribution is 0.402. The van der Waals surface area contributed by atoms with Crippen molar-refractivity contribution in [1.82, 2.24) is 14.9 Å². The molecule has 1 N–H and O–H groups in total. The average molecular weight is 258 g/mol. The number of benzene rings is 1. The van der Waals surface area contributed by atoms with Crippen LogP contribution < -0.4 is 5.32 Å². The molecule has 0 saturated carbocycles. The summed E-state index contributed by atoms with van der Waals surface area (Å²) in [4.78, 5) is 12.0. The summed E-state index contributed by atoms with van der Waals surface area (Å²) < 4.78 is 0. The Morgan fingerprint density at radius 1 is 1.22 bits per heavy atom. The Balaban J connectivity index is 1.93. The summed E-state index contributed by atoms with van der Waals surface area (Å²) in [5, 5.41) is 4.28. The second-order valence-corrected chi connectivity index (χ2v) is 5.54. The predicted molar refractivity (Wildman–Crippen MR) is 73.3 cm³/mol. The summed E-state index contributed by atoms with van der Waals surface area (Å²) in [5.41, 5.74) is 2.41. The third kappa shape index (κ3) is 2.19. The van der Waals surface area contributed by atoms with E-state index in [0.717, 1.165) is 23.1 Å². The highest BCUT2D eigenvalue weighted by molar-refractivity contribution is 7.99. The Hall–Kier alpha value is -1.59. The van der Waals surface area contributed by atoms with E-state index in [4.69, 9.17) is 0 Å². The smallest absolute Gasteiger partial charge is 0.163 e. The van der Waals surface area contributed by atoms with Gasteiger partial charge in [-0.15, -0.1) is 0 Å². The number of rotatable bonds is 2. The van der Waals surface area contributed by atoms with E-state index in [1.165, 1.54) is 10.5 Å². The zero-order chi connectivity index (χ0) is 12.5. The van der Waals surface area contributed by atoms with Crippen LogP contribution in [0.15, 0.2) is 40.5 Å². The standard InChI is InChI=1S/C13H14N4S/c1-17(2)8-9-3-4-11-10(7-9)16-12-13(18-11)15-6-5-14-12/h3-7H,8H2,1-2H3,(H,14,16). The van der Waals surface area contributed by atoms with Crippen molar-refractivity contribution >= 4 is 23.3 Å². The minimum atomic E-state index is 0.844. The van der Waals surface area contributed by atoms with Gasteiger partial charge in [0, 0.05) is 23.8 Å². The Bertz CT molecular complexity index is 583. The number of nitrogens with zero attached hydrogens (tertiary/aromatic N) is 3. The quantitative estimate of drug-likeness (QED) is 0.765. The van der Waals surface area contributed by atoms with Crippen LogP contribution in [0.5, 0.6) is 0 Å². The van der Waals surface area contributed by atoms with Gasteiger partial charge < -0.3 is 10.2 Å². The van der Waals surface area contributed by atoms with Crippen molar-refractivity contribution in [2.75, 3.05) is 19.4 Å². The summed E-state index contributed by atoms with van der Waals surface area (Å²) in [6, 6.07) is 6.48. The molecule has 0 amide bonds. The fourth-order valence-corrected chi connectivity index (χ4v) is 2.82. The molecule has 0 bridgehead atoms. The van der Waals surface area contributed by atoms with Gasteiger partial charge in [-0.25, -0.2) is 9.97 Å². The molecule has 3 rings (SSSR count). The van der Waals surface area contributed by atoms with Crippen LogP contribution in [0.4, 0.5) is 11.5 Å². The van der Waals surface area contributed by atoms with Crippen molar-refractivity contribution in [2.45, 2.75) is 16.5 Å². The molecule has 0 radical (unpaired) electrons. The number of fused-ring (bicyclic) bond motifs is 2. The van der Waals surface area contributed by atoms with Crippen molar-refractivity contribution in [1.29, 1.82) is 0 Å².